The van der Waals surface area contributed by atoms with Crippen molar-refractivity contribution in [3.8, 4) is 11.8 Å². The van der Waals surface area contributed by atoms with Crippen LogP contribution in [0.25, 0.3) is 0 Å². The lowest BCUT2D eigenvalue weighted by atomic mass is 10.0. The number of ether oxygens (including phenoxy) is 1. The van der Waals surface area contributed by atoms with Gasteiger partial charge in [0.25, 0.3) is 11.8 Å². The van der Waals surface area contributed by atoms with Crippen molar-refractivity contribution >= 4 is 29.3 Å². The van der Waals surface area contributed by atoms with E-state index in [0.29, 0.717) is 35.7 Å². The molecule has 170 valence electrons. The monoisotopic (exact) mass is 469 g/mol. The second-order valence-electron chi connectivity index (χ2n) is 8.40. The molecule has 34 heavy (non-hydrogen) atoms. The largest absolute Gasteiger partial charge is 0.497 e. The molecule has 1 atom stereocenters. The molecule has 1 spiro atoms. The number of anilines is 1. The number of nitriles is 1. The van der Waals surface area contributed by atoms with Gasteiger partial charge >= 0.3 is 0 Å². The Balaban J connectivity index is 1.57. The van der Waals surface area contributed by atoms with Gasteiger partial charge in [0.1, 0.15) is 5.75 Å². The fraction of sp³-hybridized carbons (Fsp3) is 0.222. The van der Waals surface area contributed by atoms with E-state index in [9.17, 15) is 14.9 Å². The molecule has 1 fully saturated rings. The van der Waals surface area contributed by atoms with Crippen LogP contribution in [0.3, 0.4) is 0 Å². The molecule has 2 aliphatic rings. The minimum absolute atomic E-state index is 0.125. The quantitative estimate of drug-likeness (QED) is 0.564. The minimum Gasteiger partial charge on any atom is -0.497 e. The molecule has 5 rings (SSSR count). The highest BCUT2D eigenvalue weighted by Crippen LogP contribution is 2.55. The second-order valence-corrected chi connectivity index (χ2v) is 9.69. The molecule has 3 aromatic rings. The summed E-state index contributed by atoms with van der Waals surface area (Å²) in [4.78, 5) is 30.1. The molecule has 0 aromatic heterocycles. The predicted octanol–water partition coefficient (Wildman–Crippen LogP) is 4.46. The summed E-state index contributed by atoms with van der Waals surface area (Å²) in [6.45, 7) is 2.80. The van der Waals surface area contributed by atoms with E-state index in [4.69, 9.17) is 4.74 Å². The highest BCUT2D eigenvalue weighted by atomic mass is 32.2. The third-order valence-corrected chi connectivity index (χ3v) is 7.75. The molecule has 2 aliphatic heterocycles. The van der Waals surface area contributed by atoms with Crippen LogP contribution in [-0.2, 0) is 16.2 Å². The molecule has 6 nitrogen and oxygen atoms in total. The summed E-state index contributed by atoms with van der Waals surface area (Å²) in [5.74, 6) is 1.03. The zero-order chi connectivity index (χ0) is 23.9. The maximum Gasteiger partial charge on any atom is 0.268 e. The van der Waals surface area contributed by atoms with Crippen molar-refractivity contribution in [2.45, 2.75) is 18.3 Å². The van der Waals surface area contributed by atoms with Gasteiger partial charge in [-0.2, -0.15) is 5.26 Å². The maximum absolute atomic E-state index is 14.1. The summed E-state index contributed by atoms with van der Waals surface area (Å²) in [6, 6.07) is 22.4. The Morgan fingerprint density at radius 3 is 2.68 bits per heavy atom. The van der Waals surface area contributed by atoms with Gasteiger partial charge in [-0.05, 0) is 55.0 Å². The van der Waals surface area contributed by atoms with Crippen LogP contribution in [0, 0.1) is 18.3 Å². The number of aryl methyl sites for hydroxylation is 1. The van der Waals surface area contributed by atoms with Gasteiger partial charge in [0.2, 0.25) is 0 Å². The number of amides is 2. The second kappa shape index (κ2) is 8.54. The van der Waals surface area contributed by atoms with Gasteiger partial charge < -0.3 is 14.5 Å². The third-order valence-electron chi connectivity index (χ3n) is 6.33. The third kappa shape index (κ3) is 3.42. The molecular weight excluding hydrogens is 446 g/mol. The number of methoxy groups -OCH3 is 1. The van der Waals surface area contributed by atoms with Crippen LogP contribution in [0.5, 0.6) is 5.75 Å². The standard InChI is InChI=1S/C27H23N3O3S/c1-18-6-11-24-23(14-18)27(26(32)29(24)17-20-5-3-4-19(15-20)16-28)30(12-13-34-27)25(31)21-7-9-22(33-2)10-8-21/h3-11,14-15H,12-13,17H2,1-2H3. The van der Waals surface area contributed by atoms with Crippen LogP contribution in [0.4, 0.5) is 5.69 Å². The summed E-state index contributed by atoms with van der Waals surface area (Å²) in [7, 11) is 1.58. The molecule has 0 radical (unpaired) electrons. The highest BCUT2D eigenvalue weighted by Gasteiger charge is 2.59. The average molecular weight is 470 g/mol. The van der Waals surface area contributed by atoms with E-state index in [-0.39, 0.29) is 11.8 Å². The minimum atomic E-state index is -1.11. The van der Waals surface area contributed by atoms with Crippen molar-refractivity contribution in [3.63, 3.8) is 0 Å². The number of carbonyl (C=O) groups is 2. The van der Waals surface area contributed by atoms with Crippen LogP contribution in [0.2, 0.25) is 0 Å². The first-order valence-electron chi connectivity index (χ1n) is 11.0. The summed E-state index contributed by atoms with van der Waals surface area (Å²) in [5, 5.41) is 9.28. The lowest BCUT2D eigenvalue weighted by molar-refractivity contribution is -0.123. The van der Waals surface area contributed by atoms with E-state index in [1.807, 2.05) is 37.3 Å². The van der Waals surface area contributed by atoms with Crippen LogP contribution in [-0.4, -0.2) is 36.1 Å². The van der Waals surface area contributed by atoms with Gasteiger partial charge in [-0.1, -0.05) is 29.8 Å². The van der Waals surface area contributed by atoms with Gasteiger partial charge in [0.15, 0.2) is 4.87 Å². The number of hydrogen-bond donors (Lipinski definition) is 0. The normalized spacial score (nSPS) is 18.8. The topological polar surface area (TPSA) is 73.6 Å². The van der Waals surface area contributed by atoms with Crippen molar-refractivity contribution < 1.29 is 14.3 Å². The Bertz CT molecular complexity index is 1330. The van der Waals surface area contributed by atoms with E-state index < -0.39 is 4.87 Å². The van der Waals surface area contributed by atoms with E-state index in [1.54, 1.807) is 53.3 Å². The lowest BCUT2D eigenvalue weighted by Gasteiger charge is -2.33. The number of hydrogen-bond acceptors (Lipinski definition) is 5. The summed E-state index contributed by atoms with van der Waals surface area (Å²) in [5.41, 5.74) is 4.62. The van der Waals surface area contributed by atoms with Gasteiger partial charge in [-0.25, -0.2) is 0 Å². The Labute approximate surface area is 202 Å². The molecule has 3 aromatic carbocycles. The molecule has 7 heteroatoms. The van der Waals surface area contributed by atoms with Gasteiger partial charge in [0.05, 0.1) is 31.0 Å². The molecule has 2 heterocycles. The van der Waals surface area contributed by atoms with E-state index >= 15 is 0 Å². The molecule has 2 amide bonds. The SMILES string of the molecule is COc1ccc(C(=O)N2CCSC23C(=O)N(Cc2cccc(C#N)c2)c2ccc(C)cc23)cc1. The number of fused-ring (bicyclic) bond motifs is 2. The maximum atomic E-state index is 14.1. The fourth-order valence-electron chi connectivity index (χ4n) is 4.70. The number of thioether (sulfide) groups is 1. The number of rotatable bonds is 4. The lowest BCUT2D eigenvalue weighted by Crippen LogP contribution is -2.50. The molecule has 0 bridgehead atoms. The van der Waals surface area contributed by atoms with Crippen molar-refractivity contribution in [1.82, 2.24) is 4.90 Å². The number of carbonyl (C=O) groups excluding carboxylic acids is 2. The Kier molecular flexibility index (Phi) is 5.54. The highest BCUT2D eigenvalue weighted by molar-refractivity contribution is 8.01. The summed E-state index contributed by atoms with van der Waals surface area (Å²) >= 11 is 1.51. The Hall–Kier alpha value is -3.76. The zero-order valence-electron chi connectivity index (χ0n) is 18.9. The predicted molar refractivity (Wildman–Crippen MR) is 132 cm³/mol. The molecular formula is C27H23N3O3S. The van der Waals surface area contributed by atoms with Gasteiger partial charge in [-0.3, -0.25) is 9.59 Å². The number of benzene rings is 3. The van der Waals surface area contributed by atoms with Crippen LogP contribution in [0.1, 0.15) is 32.6 Å². The van der Waals surface area contributed by atoms with E-state index in [0.717, 1.165) is 22.4 Å². The zero-order valence-corrected chi connectivity index (χ0v) is 19.8. The molecule has 1 saturated heterocycles. The van der Waals surface area contributed by atoms with Gasteiger partial charge in [0, 0.05) is 23.4 Å². The van der Waals surface area contributed by atoms with Crippen molar-refractivity contribution in [2.75, 3.05) is 24.3 Å². The first kappa shape index (κ1) is 22.1. The van der Waals surface area contributed by atoms with Crippen LogP contribution < -0.4 is 9.64 Å². The first-order chi connectivity index (χ1) is 16.5. The van der Waals surface area contributed by atoms with Crippen molar-refractivity contribution in [3.05, 3.63) is 94.5 Å². The van der Waals surface area contributed by atoms with E-state index in [2.05, 4.69) is 6.07 Å². The smallest absolute Gasteiger partial charge is 0.268 e. The van der Waals surface area contributed by atoms with Crippen LogP contribution in [0.15, 0.2) is 66.7 Å². The van der Waals surface area contributed by atoms with Gasteiger partial charge in [-0.15, -0.1) is 11.8 Å². The fourth-order valence-corrected chi connectivity index (χ4v) is 6.15. The molecule has 0 aliphatic carbocycles. The summed E-state index contributed by atoms with van der Waals surface area (Å²) < 4.78 is 5.22. The average Bonchev–Trinajstić information content (AvgIpc) is 3.41. The molecule has 0 saturated carbocycles. The Morgan fingerprint density at radius 2 is 1.94 bits per heavy atom. The molecule has 1 unspecified atom stereocenters. The van der Waals surface area contributed by atoms with E-state index in [1.165, 1.54) is 11.8 Å². The first-order valence-corrected chi connectivity index (χ1v) is 12.0. The molecule has 0 N–H and O–H groups in total. The van der Waals surface area contributed by atoms with Crippen LogP contribution >= 0.6 is 11.8 Å². The summed E-state index contributed by atoms with van der Waals surface area (Å²) in [6.07, 6.45) is 0. The number of nitrogens with zero attached hydrogens (tertiary/aromatic N) is 3. The van der Waals surface area contributed by atoms with Crippen molar-refractivity contribution in [1.29, 1.82) is 5.26 Å². The van der Waals surface area contributed by atoms with Crippen molar-refractivity contribution in [2.24, 2.45) is 0 Å². The Morgan fingerprint density at radius 1 is 1.15 bits per heavy atom.